The van der Waals surface area contributed by atoms with Crippen molar-refractivity contribution >= 4 is 28.8 Å². The molecule has 1 aromatic carbocycles. The first-order valence-corrected chi connectivity index (χ1v) is 11.4. The van der Waals surface area contributed by atoms with Crippen LogP contribution in [0.1, 0.15) is 41.6 Å². The first-order valence-electron chi connectivity index (χ1n) is 10.6. The molecule has 2 aromatic heterocycles. The molecule has 1 aliphatic heterocycles. The minimum Gasteiger partial charge on any atom is -0.483 e. The summed E-state index contributed by atoms with van der Waals surface area (Å²) in [5.41, 5.74) is 2.10. The van der Waals surface area contributed by atoms with Gasteiger partial charge >= 0.3 is 6.01 Å². The predicted molar refractivity (Wildman–Crippen MR) is 125 cm³/mol. The molecule has 33 heavy (non-hydrogen) atoms. The van der Waals surface area contributed by atoms with E-state index >= 15 is 0 Å². The smallest absolute Gasteiger partial charge is 0.314 e. The van der Waals surface area contributed by atoms with E-state index in [1.165, 1.54) is 17.4 Å². The van der Waals surface area contributed by atoms with Crippen LogP contribution in [-0.2, 0) is 17.3 Å². The van der Waals surface area contributed by atoms with Crippen molar-refractivity contribution in [3.8, 4) is 6.01 Å². The van der Waals surface area contributed by atoms with Gasteiger partial charge in [0.15, 0.2) is 5.13 Å². The van der Waals surface area contributed by atoms with Crippen LogP contribution >= 0.6 is 11.3 Å². The molecule has 4 rings (SSSR count). The number of ether oxygens (including phenoxy) is 1. The fraction of sp³-hybridized carbons (Fsp3) is 0.409. The minimum absolute atomic E-state index is 0.165. The zero-order chi connectivity index (χ0) is 23.8. The van der Waals surface area contributed by atoms with E-state index in [-0.39, 0.29) is 23.6 Å². The van der Waals surface area contributed by atoms with Gasteiger partial charge in [-0.25, -0.2) is 9.67 Å². The summed E-state index contributed by atoms with van der Waals surface area (Å²) in [6, 6.07) is 10.8. The van der Waals surface area contributed by atoms with Crippen LogP contribution in [0, 0.1) is 0 Å². The Morgan fingerprint density at radius 2 is 1.94 bits per heavy atom. The summed E-state index contributed by atoms with van der Waals surface area (Å²) in [4.78, 5) is 32.2. The number of likely N-dealkylation sites (tertiary alicyclic amines) is 1. The molecule has 3 aromatic rings. The molecule has 0 aliphatic carbocycles. The first-order chi connectivity index (χ1) is 16.0. The molecule has 1 amide bonds. The van der Waals surface area contributed by atoms with Gasteiger partial charge in [-0.3, -0.25) is 9.59 Å². The molecule has 1 aliphatic rings. The van der Waals surface area contributed by atoms with E-state index in [9.17, 15) is 4.79 Å². The summed E-state index contributed by atoms with van der Waals surface area (Å²) in [5.74, 6) is 0.00632. The zero-order valence-electron chi connectivity index (χ0n) is 18.9. The summed E-state index contributed by atoms with van der Waals surface area (Å²) in [6.45, 7) is 3.89. The van der Waals surface area contributed by atoms with Gasteiger partial charge in [-0.2, -0.15) is 4.98 Å². The van der Waals surface area contributed by atoms with E-state index in [1.807, 2.05) is 11.0 Å². The number of carbonyl (C=O) groups is 2. The number of aromatic nitrogens is 4. The molecule has 11 heteroatoms. The molecule has 0 spiro atoms. The van der Waals surface area contributed by atoms with E-state index in [0.717, 1.165) is 30.2 Å². The Hall–Kier alpha value is -3.47. The Morgan fingerprint density at radius 3 is 2.52 bits per heavy atom. The number of nitrogens with zero attached hydrogens (tertiary/aromatic N) is 5. The van der Waals surface area contributed by atoms with Crippen molar-refractivity contribution < 1.29 is 19.4 Å². The van der Waals surface area contributed by atoms with Gasteiger partial charge < -0.3 is 20.1 Å². The lowest BCUT2D eigenvalue weighted by Crippen LogP contribution is -2.46. The molecule has 0 atom stereocenters. The fourth-order valence-corrected chi connectivity index (χ4v) is 4.93. The maximum Gasteiger partial charge on any atom is 0.314 e. The van der Waals surface area contributed by atoms with Crippen LogP contribution in [0.3, 0.4) is 0 Å². The van der Waals surface area contributed by atoms with Crippen LogP contribution < -0.4 is 10.1 Å². The van der Waals surface area contributed by atoms with E-state index in [4.69, 9.17) is 19.6 Å². The lowest BCUT2D eigenvalue weighted by atomic mass is 9.70. The van der Waals surface area contributed by atoms with Crippen molar-refractivity contribution in [3.63, 3.8) is 0 Å². The highest BCUT2D eigenvalue weighted by Gasteiger charge is 2.41. The molecule has 176 valence electrons. The maximum absolute atomic E-state index is 13.0. The van der Waals surface area contributed by atoms with E-state index in [2.05, 4.69) is 52.0 Å². The van der Waals surface area contributed by atoms with E-state index < -0.39 is 0 Å². The summed E-state index contributed by atoms with van der Waals surface area (Å²) < 4.78 is 6.61. The third-order valence-electron chi connectivity index (χ3n) is 5.65. The van der Waals surface area contributed by atoms with Gasteiger partial charge in [-0.1, -0.05) is 30.3 Å². The number of anilines is 1. The third-order valence-corrected chi connectivity index (χ3v) is 6.45. The normalized spacial score (nSPS) is 14.7. The number of aryl methyl sites for hydroxylation is 1. The maximum atomic E-state index is 13.0. The average molecular weight is 473 g/mol. The quantitative estimate of drug-likeness (QED) is 0.525. The van der Waals surface area contributed by atoms with Gasteiger partial charge in [0, 0.05) is 37.5 Å². The molecule has 1 saturated heterocycles. The van der Waals surface area contributed by atoms with Crippen molar-refractivity contribution in [3.05, 3.63) is 52.8 Å². The monoisotopic (exact) mass is 472 g/mol. The Labute approximate surface area is 196 Å². The number of rotatable bonds is 6. The molecule has 10 nitrogen and oxygen atoms in total. The largest absolute Gasteiger partial charge is 0.483 e. The van der Waals surface area contributed by atoms with Crippen molar-refractivity contribution in [1.29, 1.82) is 0 Å². The number of hydrogen-bond acceptors (Lipinski definition) is 8. The molecule has 0 unspecified atom stereocenters. The number of amides is 1. The lowest BCUT2D eigenvalue weighted by Gasteiger charge is -2.41. The fourth-order valence-electron chi connectivity index (χ4n) is 4.05. The average Bonchev–Trinajstić information content (AvgIpc) is 3.47. The van der Waals surface area contributed by atoms with Gasteiger partial charge in [-0.15, -0.1) is 16.4 Å². The number of piperidine rings is 1. The topological polar surface area (TPSA) is 122 Å². The Kier molecular flexibility index (Phi) is 7.99. The highest BCUT2D eigenvalue weighted by Crippen LogP contribution is 2.42. The third kappa shape index (κ3) is 5.14. The number of hydrogen-bond donors (Lipinski definition) is 2. The molecular formula is C22H28N6O4S. The standard InChI is InChI=1S/C21H26N6O2S.CH2O2/c1-4-22-19-23-16(14-30-19)21(15-8-6-5-7-9-15)10-12-27(13-11-21)18(28)17-24-20(29-3)26(2)25-17;2-1-3/h5-9,14H,4,10-13H2,1-3H3,(H,22,23);1H,(H,2,3). The van der Waals surface area contributed by atoms with Crippen molar-refractivity contribution in [2.24, 2.45) is 7.05 Å². The zero-order valence-corrected chi connectivity index (χ0v) is 19.7. The number of methoxy groups -OCH3 is 1. The van der Waals surface area contributed by atoms with Gasteiger partial charge in [0.25, 0.3) is 12.4 Å². The van der Waals surface area contributed by atoms with Crippen LogP contribution in [0.5, 0.6) is 6.01 Å². The van der Waals surface area contributed by atoms with Crippen LogP contribution in [0.4, 0.5) is 5.13 Å². The molecular weight excluding hydrogens is 444 g/mol. The van der Waals surface area contributed by atoms with Crippen molar-refractivity contribution in [1.82, 2.24) is 24.6 Å². The summed E-state index contributed by atoms with van der Waals surface area (Å²) in [7, 11) is 3.23. The number of carboxylic acid groups (broad SMARTS) is 1. The number of nitrogens with one attached hydrogen (secondary N) is 1. The van der Waals surface area contributed by atoms with Gasteiger partial charge in [-0.05, 0) is 25.3 Å². The highest BCUT2D eigenvalue weighted by molar-refractivity contribution is 7.13. The van der Waals surface area contributed by atoms with Crippen molar-refractivity contribution in [2.45, 2.75) is 25.2 Å². The van der Waals surface area contributed by atoms with Gasteiger partial charge in [0.05, 0.1) is 12.8 Å². The van der Waals surface area contributed by atoms with Crippen LogP contribution in [0.25, 0.3) is 0 Å². The molecule has 0 saturated carbocycles. The Balaban J connectivity index is 0.000000968. The number of benzene rings is 1. The lowest BCUT2D eigenvalue weighted by molar-refractivity contribution is -0.122. The van der Waals surface area contributed by atoms with Gasteiger partial charge in [0.2, 0.25) is 5.82 Å². The van der Waals surface area contributed by atoms with Crippen molar-refractivity contribution in [2.75, 3.05) is 32.1 Å². The number of carbonyl (C=O) groups excluding carboxylic acids is 1. The second-order valence-electron chi connectivity index (χ2n) is 7.46. The molecule has 3 heterocycles. The first kappa shape index (κ1) is 24.2. The molecule has 2 N–H and O–H groups in total. The van der Waals surface area contributed by atoms with Crippen LogP contribution in [0.2, 0.25) is 0 Å². The second-order valence-corrected chi connectivity index (χ2v) is 8.32. The van der Waals surface area contributed by atoms with Crippen LogP contribution in [-0.4, -0.2) is 68.9 Å². The van der Waals surface area contributed by atoms with Gasteiger partial charge in [0.1, 0.15) is 0 Å². The summed E-state index contributed by atoms with van der Waals surface area (Å²) in [6.07, 6.45) is 1.59. The molecule has 0 bridgehead atoms. The van der Waals surface area contributed by atoms with Crippen LogP contribution in [0.15, 0.2) is 35.7 Å². The number of thiazole rings is 1. The minimum atomic E-state index is -0.250. The Morgan fingerprint density at radius 1 is 1.27 bits per heavy atom. The summed E-state index contributed by atoms with van der Waals surface area (Å²) in [5, 5.41) is 17.5. The summed E-state index contributed by atoms with van der Waals surface area (Å²) >= 11 is 1.63. The highest BCUT2D eigenvalue weighted by atomic mass is 32.1. The SMILES string of the molecule is CCNc1nc(C2(c3ccccc3)CCN(C(=O)c3nc(OC)n(C)n3)CC2)cs1.O=CO. The predicted octanol–water partition coefficient (Wildman–Crippen LogP) is 2.64. The second kappa shape index (κ2) is 10.9. The molecule has 0 radical (unpaired) electrons. The molecule has 1 fully saturated rings. The van der Waals surface area contributed by atoms with E-state index in [0.29, 0.717) is 19.1 Å². The Bertz CT molecular complexity index is 1060. The van der Waals surface area contributed by atoms with E-state index in [1.54, 1.807) is 18.4 Å².